The molecule has 0 unspecified atom stereocenters. The maximum absolute atomic E-state index is 13.5. The normalized spacial score (nSPS) is 21.9. The lowest BCUT2D eigenvalue weighted by atomic mass is 9.64. The van der Waals surface area contributed by atoms with Crippen LogP contribution in [-0.2, 0) is 9.59 Å². The van der Waals surface area contributed by atoms with E-state index in [0.29, 0.717) is 30.9 Å². The third-order valence-electron chi connectivity index (χ3n) is 6.74. The summed E-state index contributed by atoms with van der Waals surface area (Å²) in [6, 6.07) is 3.95. The van der Waals surface area contributed by atoms with E-state index in [9.17, 15) is 9.59 Å². The summed E-state index contributed by atoms with van der Waals surface area (Å²) in [5.74, 6) is 1.09. The number of hydrogen-bond acceptors (Lipinski definition) is 5. The van der Waals surface area contributed by atoms with Crippen LogP contribution in [0.15, 0.2) is 39.1 Å². The molecule has 0 fully saturated rings. The Morgan fingerprint density at radius 2 is 1.50 bits per heavy atom. The van der Waals surface area contributed by atoms with E-state index in [1.54, 1.807) is 0 Å². The summed E-state index contributed by atoms with van der Waals surface area (Å²) in [7, 11) is 0. The number of allylic oxidation sites excluding steroid dienone is 4. The van der Waals surface area contributed by atoms with E-state index in [1.165, 1.54) is 0 Å². The number of dihydropyridines is 1. The molecule has 184 valence electrons. The maximum atomic E-state index is 13.5. The Balaban J connectivity index is 1.93. The number of nitrogens with one attached hydrogen (secondary N) is 1. The average Bonchev–Trinajstić information content (AvgIpc) is 2.66. The van der Waals surface area contributed by atoms with Crippen LogP contribution in [0.3, 0.4) is 0 Å². The third kappa shape index (κ3) is 4.71. The molecule has 0 amide bonds. The highest BCUT2D eigenvalue weighted by atomic mass is 79.9. The first kappa shape index (κ1) is 25.0. The lowest BCUT2D eigenvalue weighted by Gasteiger charge is -2.44. The summed E-state index contributed by atoms with van der Waals surface area (Å²) in [4.78, 5) is 27.1. The number of ketones is 2. The van der Waals surface area contributed by atoms with Crippen molar-refractivity contribution >= 4 is 27.5 Å². The minimum Gasteiger partial charge on any atom is -0.490 e. The van der Waals surface area contributed by atoms with Crippen molar-refractivity contribution in [3.63, 3.8) is 0 Å². The molecular weight excluding hydrogens is 494 g/mol. The molecule has 0 saturated heterocycles. The molecule has 5 nitrogen and oxygen atoms in total. The first-order chi connectivity index (χ1) is 15.8. The summed E-state index contributed by atoms with van der Waals surface area (Å²) in [6.07, 6.45) is 2.49. The molecule has 0 aromatic heterocycles. The van der Waals surface area contributed by atoms with Crippen LogP contribution in [0.5, 0.6) is 11.5 Å². The number of rotatable bonds is 5. The molecule has 4 rings (SSSR count). The molecule has 1 heterocycles. The predicted octanol–water partition coefficient (Wildman–Crippen LogP) is 6.61. The number of halogens is 1. The van der Waals surface area contributed by atoms with Crippen LogP contribution in [0.25, 0.3) is 0 Å². The zero-order valence-electron chi connectivity index (χ0n) is 21.4. The zero-order chi connectivity index (χ0) is 25.0. The Morgan fingerprint density at radius 3 is 1.97 bits per heavy atom. The van der Waals surface area contributed by atoms with Gasteiger partial charge in [-0.05, 0) is 78.1 Å². The minimum absolute atomic E-state index is 0.0202. The van der Waals surface area contributed by atoms with Gasteiger partial charge in [-0.2, -0.15) is 0 Å². The standard InChI is InChI=1S/C28H36BrNO4/c1-8-33-22-10-16(9-17(29)26(22)34-15(2)3)23-24-18(11-27(4,5)13-20(24)31)30-19-12-28(6,7)14-21(32)25(19)23/h9-10,15,23,30H,8,11-14H2,1-7H3. The van der Waals surface area contributed by atoms with Gasteiger partial charge in [0.15, 0.2) is 23.1 Å². The van der Waals surface area contributed by atoms with Crippen LogP contribution >= 0.6 is 15.9 Å². The molecule has 34 heavy (non-hydrogen) atoms. The summed E-state index contributed by atoms with van der Waals surface area (Å²) in [5, 5.41) is 3.57. The first-order valence-electron chi connectivity index (χ1n) is 12.2. The molecular formula is C28H36BrNO4. The van der Waals surface area contributed by atoms with Crippen molar-refractivity contribution in [2.24, 2.45) is 10.8 Å². The largest absolute Gasteiger partial charge is 0.490 e. The van der Waals surface area contributed by atoms with E-state index >= 15 is 0 Å². The third-order valence-corrected chi connectivity index (χ3v) is 7.33. The van der Waals surface area contributed by atoms with Crippen LogP contribution in [0.1, 0.15) is 85.6 Å². The van der Waals surface area contributed by atoms with Gasteiger partial charge in [-0.1, -0.05) is 27.7 Å². The highest BCUT2D eigenvalue weighted by molar-refractivity contribution is 9.10. The van der Waals surface area contributed by atoms with E-state index < -0.39 is 5.92 Å². The van der Waals surface area contributed by atoms with Gasteiger partial charge < -0.3 is 14.8 Å². The lowest BCUT2D eigenvalue weighted by Crippen LogP contribution is -2.42. The summed E-state index contributed by atoms with van der Waals surface area (Å²) < 4.78 is 12.8. The van der Waals surface area contributed by atoms with Gasteiger partial charge in [-0.25, -0.2) is 0 Å². The number of hydrogen-bond donors (Lipinski definition) is 1. The fraction of sp³-hybridized carbons (Fsp3) is 0.571. The van der Waals surface area contributed by atoms with Crippen molar-refractivity contribution in [2.75, 3.05) is 6.61 Å². The molecule has 0 saturated carbocycles. The van der Waals surface area contributed by atoms with Crippen LogP contribution in [-0.4, -0.2) is 24.3 Å². The average molecular weight is 531 g/mol. The zero-order valence-corrected chi connectivity index (χ0v) is 22.9. The van der Waals surface area contributed by atoms with Crippen molar-refractivity contribution in [2.45, 2.75) is 86.2 Å². The highest BCUT2D eigenvalue weighted by Crippen LogP contribution is 2.52. The molecule has 6 heteroatoms. The molecule has 1 N–H and O–H groups in total. The molecule has 0 radical (unpaired) electrons. The van der Waals surface area contributed by atoms with Gasteiger partial charge in [0, 0.05) is 41.3 Å². The number of Topliss-reactive ketones (excluding diaryl/α,β-unsaturated/α-hetero) is 2. The lowest BCUT2D eigenvalue weighted by molar-refractivity contribution is -0.119. The van der Waals surface area contributed by atoms with E-state index in [1.807, 2.05) is 32.9 Å². The molecule has 1 aromatic rings. The van der Waals surface area contributed by atoms with E-state index in [-0.39, 0.29) is 28.5 Å². The topological polar surface area (TPSA) is 64.6 Å². The second-order valence-corrected chi connectivity index (χ2v) is 12.5. The van der Waals surface area contributed by atoms with Crippen LogP contribution < -0.4 is 14.8 Å². The Hall–Kier alpha value is -2.08. The number of carbonyl (C=O) groups is 2. The summed E-state index contributed by atoms with van der Waals surface area (Å²) in [5.41, 5.74) is 4.04. The number of benzene rings is 1. The van der Waals surface area contributed by atoms with Gasteiger partial charge in [-0.15, -0.1) is 0 Å². The van der Waals surface area contributed by atoms with Crippen LogP contribution in [0.2, 0.25) is 0 Å². The van der Waals surface area contributed by atoms with Crippen molar-refractivity contribution in [3.8, 4) is 11.5 Å². The molecule has 0 atom stereocenters. The van der Waals surface area contributed by atoms with Crippen LogP contribution in [0, 0.1) is 10.8 Å². The van der Waals surface area contributed by atoms with Gasteiger partial charge in [0.25, 0.3) is 0 Å². The van der Waals surface area contributed by atoms with Gasteiger partial charge in [-0.3, -0.25) is 9.59 Å². The fourth-order valence-corrected chi connectivity index (χ4v) is 6.14. The molecule has 3 aliphatic rings. The van der Waals surface area contributed by atoms with Gasteiger partial charge in [0.2, 0.25) is 0 Å². The predicted molar refractivity (Wildman–Crippen MR) is 137 cm³/mol. The second kappa shape index (κ2) is 8.85. The molecule has 0 spiro atoms. The summed E-state index contributed by atoms with van der Waals surface area (Å²) in [6.45, 7) is 14.9. The van der Waals surface area contributed by atoms with Gasteiger partial charge in [0.1, 0.15) is 0 Å². The summed E-state index contributed by atoms with van der Waals surface area (Å²) >= 11 is 3.68. The van der Waals surface area contributed by atoms with Gasteiger partial charge >= 0.3 is 0 Å². The molecule has 2 aliphatic carbocycles. The quantitative estimate of drug-likeness (QED) is 0.464. The van der Waals surface area contributed by atoms with Crippen molar-refractivity contribution in [3.05, 3.63) is 44.7 Å². The molecule has 1 aliphatic heterocycles. The van der Waals surface area contributed by atoms with Crippen molar-refractivity contribution in [1.82, 2.24) is 5.32 Å². The van der Waals surface area contributed by atoms with Crippen molar-refractivity contribution in [1.29, 1.82) is 0 Å². The fourth-order valence-electron chi connectivity index (χ4n) is 5.59. The Bertz CT molecular complexity index is 1060. The number of carbonyl (C=O) groups excluding carboxylic acids is 2. The Labute approximate surface area is 211 Å². The minimum atomic E-state index is -0.401. The van der Waals surface area contributed by atoms with E-state index in [2.05, 4.69) is 48.9 Å². The van der Waals surface area contributed by atoms with Crippen molar-refractivity contribution < 1.29 is 19.1 Å². The molecule has 0 bridgehead atoms. The second-order valence-electron chi connectivity index (χ2n) is 11.7. The highest BCUT2D eigenvalue weighted by Gasteiger charge is 2.46. The molecule has 1 aromatic carbocycles. The smallest absolute Gasteiger partial charge is 0.175 e. The van der Waals surface area contributed by atoms with E-state index in [4.69, 9.17) is 9.47 Å². The van der Waals surface area contributed by atoms with E-state index in [0.717, 1.165) is 45.4 Å². The monoisotopic (exact) mass is 529 g/mol. The maximum Gasteiger partial charge on any atom is 0.175 e. The Morgan fingerprint density at radius 1 is 0.971 bits per heavy atom. The number of ether oxygens (including phenoxy) is 2. The van der Waals surface area contributed by atoms with Crippen LogP contribution in [0.4, 0.5) is 0 Å². The van der Waals surface area contributed by atoms with Gasteiger partial charge in [0.05, 0.1) is 17.2 Å². The Kier molecular flexibility index (Phi) is 6.52. The SMILES string of the molecule is CCOc1cc(C2C3=C(CC(C)(C)CC3=O)NC3=C2C(=O)CC(C)(C)C3)cc(Br)c1OC(C)C. The first-order valence-corrected chi connectivity index (χ1v) is 13.0.